The van der Waals surface area contributed by atoms with Gasteiger partial charge in [-0.15, -0.1) is 0 Å². The van der Waals surface area contributed by atoms with Gasteiger partial charge in [-0.05, 0) is 20.3 Å². The maximum Gasteiger partial charge on any atom is 0.317 e. The number of carbonyl (C=O) groups is 4. The van der Waals surface area contributed by atoms with Crippen LogP contribution in [0.3, 0.4) is 0 Å². The molecule has 190 valence electrons. The van der Waals surface area contributed by atoms with Crippen LogP contribution < -0.4 is 5.32 Å². The third kappa shape index (κ3) is 13.1. The Morgan fingerprint density at radius 1 is 0.636 bits per heavy atom. The fourth-order valence-corrected chi connectivity index (χ4v) is 3.49. The van der Waals surface area contributed by atoms with Crippen molar-refractivity contribution in [3.63, 3.8) is 0 Å². The molecule has 1 saturated heterocycles. The molecule has 1 rings (SSSR count). The van der Waals surface area contributed by atoms with E-state index in [-0.39, 0.29) is 37.6 Å². The molecular weight excluding hydrogens is 434 g/mol. The topological polar surface area (TPSA) is 154 Å². The van der Waals surface area contributed by atoms with Crippen LogP contribution in [0.4, 0.5) is 0 Å². The summed E-state index contributed by atoms with van der Waals surface area (Å²) in [6.07, 6.45) is 0.768. The molecule has 1 aliphatic rings. The Hall–Kier alpha value is -2.28. The molecule has 12 nitrogen and oxygen atoms in total. The largest absolute Gasteiger partial charge is 0.480 e. The van der Waals surface area contributed by atoms with Crippen LogP contribution in [-0.2, 0) is 19.2 Å². The second-order valence-electron chi connectivity index (χ2n) is 9.07. The van der Waals surface area contributed by atoms with Crippen LogP contribution in [0.2, 0.25) is 0 Å². The van der Waals surface area contributed by atoms with Crippen LogP contribution in [0.1, 0.15) is 27.2 Å². The SMILES string of the molecule is CCC(C)(C)NC(=O)CN1CCN(CC(=O)O)CCN(CC(=O)O)CCN(CC(=O)O)CC1. The van der Waals surface area contributed by atoms with Gasteiger partial charge in [0.1, 0.15) is 0 Å². The molecule has 0 bridgehead atoms. The van der Waals surface area contributed by atoms with E-state index in [1.807, 2.05) is 25.7 Å². The van der Waals surface area contributed by atoms with Gasteiger partial charge in [0.05, 0.1) is 26.2 Å². The summed E-state index contributed by atoms with van der Waals surface area (Å²) in [7, 11) is 0. The standard InChI is InChI=1S/C21H39N5O7/c1-4-21(2,3)22-17(27)13-23-5-7-24(14-18(28)29)9-11-26(16-20(32)33)12-10-25(8-6-23)15-19(30)31/h4-16H2,1-3H3,(H,22,27)(H,28,29)(H,30,31)(H,32,33). The van der Waals surface area contributed by atoms with Crippen molar-refractivity contribution in [2.75, 3.05) is 78.5 Å². The van der Waals surface area contributed by atoms with Gasteiger partial charge in [0.15, 0.2) is 0 Å². The highest BCUT2D eigenvalue weighted by Crippen LogP contribution is 2.07. The predicted octanol–water partition coefficient (Wildman–Crippen LogP) is -1.23. The molecule has 0 aromatic rings. The molecule has 1 amide bonds. The fourth-order valence-electron chi connectivity index (χ4n) is 3.49. The number of nitrogens with zero attached hydrogens (tertiary/aromatic N) is 4. The minimum atomic E-state index is -0.996. The second kappa shape index (κ2) is 14.1. The van der Waals surface area contributed by atoms with E-state index in [1.165, 1.54) is 0 Å². The lowest BCUT2D eigenvalue weighted by Crippen LogP contribution is -2.51. The normalized spacial score (nSPS) is 18.8. The third-order valence-corrected chi connectivity index (χ3v) is 5.74. The molecule has 0 aliphatic carbocycles. The summed E-state index contributed by atoms with van der Waals surface area (Å²) in [5.74, 6) is -3.10. The van der Waals surface area contributed by atoms with Crippen molar-refractivity contribution in [3.8, 4) is 0 Å². The van der Waals surface area contributed by atoms with Gasteiger partial charge in [-0.3, -0.25) is 38.8 Å². The van der Waals surface area contributed by atoms with Gasteiger partial charge in [-0.1, -0.05) is 6.92 Å². The smallest absolute Gasteiger partial charge is 0.317 e. The predicted molar refractivity (Wildman–Crippen MR) is 121 cm³/mol. The molecule has 0 saturated carbocycles. The number of hydrogen-bond acceptors (Lipinski definition) is 8. The minimum absolute atomic E-state index is 0.121. The molecule has 1 aliphatic heterocycles. The first kappa shape index (κ1) is 28.8. The molecule has 33 heavy (non-hydrogen) atoms. The number of hydrogen-bond donors (Lipinski definition) is 4. The van der Waals surface area contributed by atoms with Gasteiger partial charge < -0.3 is 20.6 Å². The second-order valence-corrected chi connectivity index (χ2v) is 9.07. The highest BCUT2D eigenvalue weighted by atomic mass is 16.4. The van der Waals surface area contributed by atoms with Gasteiger partial charge in [-0.2, -0.15) is 0 Å². The number of carboxylic acid groups (broad SMARTS) is 3. The van der Waals surface area contributed by atoms with E-state index in [4.69, 9.17) is 0 Å². The maximum atomic E-state index is 12.6. The average Bonchev–Trinajstić information content (AvgIpc) is 2.68. The van der Waals surface area contributed by atoms with E-state index in [2.05, 4.69) is 5.32 Å². The Kier molecular flexibility index (Phi) is 12.3. The van der Waals surface area contributed by atoms with E-state index in [0.717, 1.165) is 6.42 Å². The van der Waals surface area contributed by atoms with E-state index in [9.17, 15) is 34.5 Å². The van der Waals surface area contributed by atoms with E-state index in [1.54, 1.807) is 14.7 Å². The number of carboxylic acids is 3. The number of aliphatic carboxylic acids is 3. The lowest BCUT2D eigenvalue weighted by Gasteiger charge is -2.33. The van der Waals surface area contributed by atoms with Crippen LogP contribution in [0.5, 0.6) is 0 Å². The molecule has 0 spiro atoms. The highest BCUT2D eigenvalue weighted by molar-refractivity contribution is 5.78. The Bertz CT molecular complexity index is 641. The van der Waals surface area contributed by atoms with Crippen molar-refractivity contribution in [1.29, 1.82) is 0 Å². The van der Waals surface area contributed by atoms with Crippen LogP contribution in [0.15, 0.2) is 0 Å². The van der Waals surface area contributed by atoms with Crippen molar-refractivity contribution in [2.45, 2.75) is 32.7 Å². The fraction of sp³-hybridized carbons (Fsp3) is 0.810. The Morgan fingerprint density at radius 2 is 0.909 bits per heavy atom. The molecule has 0 aromatic carbocycles. The van der Waals surface area contributed by atoms with Crippen molar-refractivity contribution >= 4 is 23.8 Å². The van der Waals surface area contributed by atoms with Gasteiger partial charge in [0, 0.05) is 57.9 Å². The van der Waals surface area contributed by atoms with Crippen molar-refractivity contribution in [2.24, 2.45) is 0 Å². The summed E-state index contributed by atoms with van der Waals surface area (Å²) in [4.78, 5) is 53.5. The zero-order chi connectivity index (χ0) is 25.0. The van der Waals surface area contributed by atoms with Crippen LogP contribution in [0.25, 0.3) is 0 Å². The third-order valence-electron chi connectivity index (χ3n) is 5.74. The molecule has 0 radical (unpaired) electrons. The van der Waals surface area contributed by atoms with Crippen molar-refractivity contribution < 1.29 is 34.5 Å². The molecule has 0 atom stereocenters. The Balaban J connectivity index is 2.97. The quantitative estimate of drug-likeness (QED) is 0.301. The van der Waals surface area contributed by atoms with Gasteiger partial charge in [0.2, 0.25) is 5.91 Å². The summed E-state index contributed by atoms with van der Waals surface area (Å²) >= 11 is 0. The molecule has 0 unspecified atom stereocenters. The van der Waals surface area contributed by atoms with Gasteiger partial charge in [-0.25, -0.2) is 0 Å². The van der Waals surface area contributed by atoms with Gasteiger partial charge >= 0.3 is 17.9 Å². The molecule has 12 heteroatoms. The zero-order valence-electron chi connectivity index (χ0n) is 20.0. The van der Waals surface area contributed by atoms with E-state index >= 15 is 0 Å². The van der Waals surface area contributed by atoms with Crippen LogP contribution >= 0.6 is 0 Å². The van der Waals surface area contributed by atoms with Crippen LogP contribution in [-0.4, -0.2) is 143 Å². The lowest BCUT2D eigenvalue weighted by atomic mass is 10.0. The molecule has 1 fully saturated rings. The first-order chi connectivity index (χ1) is 15.4. The number of nitrogens with one attached hydrogen (secondary N) is 1. The summed E-state index contributed by atoms with van der Waals surface area (Å²) in [5.41, 5.74) is -0.345. The average molecular weight is 474 g/mol. The number of rotatable bonds is 10. The minimum Gasteiger partial charge on any atom is -0.480 e. The Labute approximate surface area is 195 Å². The van der Waals surface area contributed by atoms with Crippen molar-refractivity contribution in [1.82, 2.24) is 24.9 Å². The van der Waals surface area contributed by atoms with E-state index < -0.39 is 17.9 Å². The summed E-state index contributed by atoms with van der Waals surface area (Å²) < 4.78 is 0. The van der Waals surface area contributed by atoms with Crippen LogP contribution in [0, 0.1) is 0 Å². The maximum absolute atomic E-state index is 12.6. The monoisotopic (exact) mass is 473 g/mol. The highest BCUT2D eigenvalue weighted by Gasteiger charge is 2.23. The van der Waals surface area contributed by atoms with E-state index in [0.29, 0.717) is 52.4 Å². The summed E-state index contributed by atoms with van der Waals surface area (Å²) in [5, 5.41) is 30.7. The lowest BCUT2D eigenvalue weighted by molar-refractivity contribution is -0.140. The number of carbonyl (C=O) groups excluding carboxylic acids is 1. The molecule has 4 N–H and O–H groups in total. The molecule has 1 heterocycles. The van der Waals surface area contributed by atoms with Gasteiger partial charge in [0.25, 0.3) is 0 Å². The summed E-state index contributed by atoms with van der Waals surface area (Å²) in [6, 6.07) is 0. The summed E-state index contributed by atoms with van der Waals surface area (Å²) in [6.45, 7) is 8.40. The first-order valence-electron chi connectivity index (χ1n) is 11.3. The zero-order valence-corrected chi connectivity index (χ0v) is 20.0. The first-order valence-corrected chi connectivity index (χ1v) is 11.3. The Morgan fingerprint density at radius 3 is 1.15 bits per heavy atom. The number of amides is 1. The van der Waals surface area contributed by atoms with Crippen molar-refractivity contribution in [3.05, 3.63) is 0 Å². The molecular formula is C21H39N5O7. The molecule has 0 aromatic heterocycles.